The Hall–Kier alpha value is -1.75. The van der Waals surface area contributed by atoms with Gasteiger partial charge in [0.25, 0.3) is 5.91 Å². The number of halogens is 1. The number of pyridine rings is 1. The second-order valence-electron chi connectivity index (χ2n) is 3.45. The van der Waals surface area contributed by atoms with Gasteiger partial charge in [0.1, 0.15) is 19.5 Å². The highest BCUT2D eigenvalue weighted by Gasteiger charge is 2.17. The number of nitrogens with zero attached hydrogens (tertiary/aromatic N) is 1. The van der Waals surface area contributed by atoms with E-state index < -0.39 is 5.91 Å². The summed E-state index contributed by atoms with van der Waals surface area (Å²) in [5, 5.41) is 2.89. The van der Waals surface area contributed by atoms with Crippen LogP contribution in [0.15, 0.2) is 24.3 Å². The maximum absolute atomic E-state index is 11.8. The molecule has 2 rings (SSSR count). The molecule has 6 heteroatoms. The zero-order chi connectivity index (χ0) is 12.3. The molecule has 1 aromatic rings. The van der Waals surface area contributed by atoms with Gasteiger partial charge in [-0.25, -0.2) is 4.98 Å². The van der Waals surface area contributed by atoms with Crippen molar-refractivity contribution in [3.8, 4) is 0 Å². The molecule has 0 saturated carbocycles. The number of aromatic nitrogens is 1. The van der Waals surface area contributed by atoms with Crippen LogP contribution in [0.4, 0.5) is 5.69 Å². The largest absolute Gasteiger partial charge is 0.494 e. The highest BCUT2D eigenvalue weighted by atomic mass is 35.5. The standard InChI is InChI=1S/C11H11ClN2O3/c1-7-2-3-13-10(12)9(7)14-11(15)8-6-16-4-5-17-8/h2-3,6H,4-5H2,1H3,(H,14,15). The molecule has 0 saturated heterocycles. The fourth-order valence-electron chi connectivity index (χ4n) is 1.34. The lowest BCUT2D eigenvalue weighted by Crippen LogP contribution is -2.21. The molecule has 0 bridgehead atoms. The highest BCUT2D eigenvalue weighted by molar-refractivity contribution is 6.32. The first-order valence-corrected chi connectivity index (χ1v) is 5.43. The molecule has 0 atom stereocenters. The van der Waals surface area contributed by atoms with Gasteiger partial charge in [-0.05, 0) is 18.6 Å². The Balaban J connectivity index is 2.15. The van der Waals surface area contributed by atoms with E-state index in [1.807, 2.05) is 6.92 Å². The second-order valence-corrected chi connectivity index (χ2v) is 3.81. The first kappa shape index (κ1) is 11.7. The van der Waals surface area contributed by atoms with Gasteiger partial charge in [0.15, 0.2) is 5.15 Å². The first-order valence-electron chi connectivity index (χ1n) is 5.05. The zero-order valence-corrected chi connectivity index (χ0v) is 9.95. The van der Waals surface area contributed by atoms with Crippen molar-refractivity contribution in [1.82, 2.24) is 4.98 Å². The van der Waals surface area contributed by atoms with E-state index in [0.29, 0.717) is 18.9 Å². The minimum Gasteiger partial charge on any atom is -0.494 e. The Morgan fingerprint density at radius 3 is 3.00 bits per heavy atom. The Bertz CT molecular complexity index is 454. The molecule has 1 aliphatic rings. The topological polar surface area (TPSA) is 60.5 Å². The lowest BCUT2D eigenvalue weighted by atomic mass is 10.2. The number of ether oxygens (including phenoxy) is 2. The van der Waals surface area contributed by atoms with E-state index in [4.69, 9.17) is 21.1 Å². The molecule has 5 nitrogen and oxygen atoms in total. The molecule has 1 amide bonds. The fraction of sp³-hybridized carbons (Fsp3) is 0.273. The smallest absolute Gasteiger partial charge is 0.294 e. The molecule has 17 heavy (non-hydrogen) atoms. The van der Waals surface area contributed by atoms with E-state index in [1.54, 1.807) is 12.3 Å². The van der Waals surface area contributed by atoms with Crippen LogP contribution >= 0.6 is 11.6 Å². The quantitative estimate of drug-likeness (QED) is 0.819. The Morgan fingerprint density at radius 2 is 2.35 bits per heavy atom. The van der Waals surface area contributed by atoms with Crippen LogP contribution in [-0.4, -0.2) is 24.1 Å². The molecule has 0 spiro atoms. The van der Waals surface area contributed by atoms with Gasteiger partial charge in [-0.2, -0.15) is 0 Å². The Morgan fingerprint density at radius 1 is 1.53 bits per heavy atom. The van der Waals surface area contributed by atoms with Crippen LogP contribution in [0.2, 0.25) is 5.15 Å². The predicted octanol–water partition coefficient (Wildman–Crippen LogP) is 1.87. The van der Waals surface area contributed by atoms with Crippen molar-refractivity contribution >= 4 is 23.2 Å². The maximum Gasteiger partial charge on any atom is 0.294 e. The lowest BCUT2D eigenvalue weighted by molar-refractivity contribution is -0.117. The van der Waals surface area contributed by atoms with Crippen LogP contribution in [0.25, 0.3) is 0 Å². The normalized spacial score (nSPS) is 14.4. The summed E-state index contributed by atoms with van der Waals surface area (Å²) < 4.78 is 10.2. The summed E-state index contributed by atoms with van der Waals surface area (Å²) in [6, 6.07) is 1.76. The van der Waals surface area contributed by atoms with Gasteiger partial charge in [-0.3, -0.25) is 4.79 Å². The van der Waals surface area contributed by atoms with Gasteiger partial charge in [0, 0.05) is 6.20 Å². The molecule has 1 N–H and O–H groups in total. The third-order valence-electron chi connectivity index (χ3n) is 2.22. The van der Waals surface area contributed by atoms with E-state index >= 15 is 0 Å². The van der Waals surface area contributed by atoms with Crippen LogP contribution < -0.4 is 5.32 Å². The van der Waals surface area contributed by atoms with E-state index in [0.717, 1.165) is 5.56 Å². The number of anilines is 1. The van der Waals surface area contributed by atoms with E-state index in [9.17, 15) is 4.79 Å². The summed E-state index contributed by atoms with van der Waals surface area (Å²) in [5.74, 6) is -0.265. The van der Waals surface area contributed by atoms with E-state index in [1.165, 1.54) is 6.26 Å². The van der Waals surface area contributed by atoms with Crippen LogP contribution in [0.1, 0.15) is 5.56 Å². The van der Waals surface area contributed by atoms with Crippen molar-refractivity contribution in [1.29, 1.82) is 0 Å². The number of amides is 1. The fourth-order valence-corrected chi connectivity index (χ4v) is 1.59. The number of carbonyl (C=O) groups is 1. The van der Waals surface area contributed by atoms with Crippen LogP contribution in [-0.2, 0) is 14.3 Å². The van der Waals surface area contributed by atoms with E-state index in [2.05, 4.69) is 10.3 Å². The third kappa shape index (κ3) is 2.68. The Kier molecular flexibility index (Phi) is 3.49. The van der Waals surface area contributed by atoms with Crippen molar-refractivity contribution in [2.45, 2.75) is 6.92 Å². The molecule has 0 unspecified atom stereocenters. The average molecular weight is 255 g/mol. The van der Waals surface area contributed by atoms with Crippen LogP contribution in [0, 0.1) is 6.92 Å². The summed E-state index contributed by atoms with van der Waals surface area (Å²) in [6.07, 6.45) is 2.87. The van der Waals surface area contributed by atoms with Gasteiger partial charge < -0.3 is 14.8 Å². The zero-order valence-electron chi connectivity index (χ0n) is 9.20. The number of hydrogen-bond donors (Lipinski definition) is 1. The third-order valence-corrected chi connectivity index (χ3v) is 2.51. The molecule has 1 aromatic heterocycles. The van der Waals surface area contributed by atoms with Crippen molar-refractivity contribution in [2.75, 3.05) is 18.5 Å². The van der Waals surface area contributed by atoms with Gasteiger partial charge in [-0.1, -0.05) is 11.6 Å². The Labute approximate surface area is 103 Å². The molecule has 0 aliphatic carbocycles. The molecule has 0 fully saturated rings. The number of rotatable bonds is 2. The number of hydrogen-bond acceptors (Lipinski definition) is 4. The minimum atomic E-state index is -0.400. The molecular weight excluding hydrogens is 244 g/mol. The molecule has 1 aliphatic heterocycles. The average Bonchev–Trinajstić information content (AvgIpc) is 2.35. The number of carbonyl (C=O) groups excluding carboxylic acids is 1. The number of aryl methyl sites for hydroxylation is 1. The van der Waals surface area contributed by atoms with Gasteiger partial charge in [0.05, 0.1) is 5.69 Å². The molecule has 0 aromatic carbocycles. The SMILES string of the molecule is Cc1ccnc(Cl)c1NC(=O)C1=COCCO1. The van der Waals surface area contributed by atoms with Crippen molar-refractivity contribution in [3.63, 3.8) is 0 Å². The van der Waals surface area contributed by atoms with E-state index in [-0.39, 0.29) is 10.9 Å². The lowest BCUT2D eigenvalue weighted by Gasteiger charge is -2.16. The highest BCUT2D eigenvalue weighted by Crippen LogP contribution is 2.23. The molecular formula is C11H11ClN2O3. The van der Waals surface area contributed by atoms with Crippen LogP contribution in [0.3, 0.4) is 0 Å². The van der Waals surface area contributed by atoms with Crippen molar-refractivity contribution in [2.24, 2.45) is 0 Å². The van der Waals surface area contributed by atoms with Gasteiger partial charge in [0.2, 0.25) is 5.76 Å². The molecule has 2 heterocycles. The molecule has 90 valence electrons. The van der Waals surface area contributed by atoms with Crippen molar-refractivity contribution < 1.29 is 14.3 Å². The monoisotopic (exact) mass is 254 g/mol. The van der Waals surface area contributed by atoms with Crippen LogP contribution in [0.5, 0.6) is 0 Å². The van der Waals surface area contributed by atoms with Crippen molar-refractivity contribution in [3.05, 3.63) is 35.0 Å². The summed E-state index contributed by atoms with van der Waals surface area (Å²) in [7, 11) is 0. The van der Waals surface area contributed by atoms with Gasteiger partial charge in [-0.15, -0.1) is 0 Å². The summed E-state index contributed by atoms with van der Waals surface area (Å²) in [6.45, 7) is 2.64. The van der Waals surface area contributed by atoms with Gasteiger partial charge >= 0.3 is 0 Å². The summed E-state index contributed by atoms with van der Waals surface area (Å²) in [4.78, 5) is 15.7. The summed E-state index contributed by atoms with van der Waals surface area (Å²) in [5.41, 5.74) is 1.31. The maximum atomic E-state index is 11.8. The summed E-state index contributed by atoms with van der Waals surface area (Å²) >= 11 is 5.90. The second kappa shape index (κ2) is 5.05. The predicted molar refractivity (Wildman–Crippen MR) is 62.6 cm³/mol. The number of nitrogens with one attached hydrogen (secondary N) is 1. The minimum absolute atomic E-state index is 0.135. The molecule has 0 radical (unpaired) electrons. The first-order chi connectivity index (χ1) is 8.18.